The van der Waals surface area contributed by atoms with E-state index in [1.54, 1.807) is 32.9 Å². The first-order chi connectivity index (χ1) is 17.1. The van der Waals surface area contributed by atoms with Crippen LogP contribution in [0.5, 0.6) is 5.75 Å². The van der Waals surface area contributed by atoms with Crippen molar-refractivity contribution >= 4 is 17.9 Å². The maximum atomic E-state index is 14.3. The van der Waals surface area contributed by atoms with E-state index in [0.717, 1.165) is 5.56 Å². The summed E-state index contributed by atoms with van der Waals surface area (Å²) in [5.41, 5.74) is -0.160. The predicted molar refractivity (Wildman–Crippen MR) is 144 cm³/mol. The Morgan fingerprint density at radius 3 is 1.95 bits per heavy atom. The Hall–Kier alpha value is -3.55. The van der Waals surface area contributed by atoms with Crippen molar-refractivity contribution in [2.24, 2.45) is 0 Å². The van der Waals surface area contributed by atoms with E-state index in [4.69, 9.17) is 4.74 Å². The van der Waals surface area contributed by atoms with Gasteiger partial charge in [0.15, 0.2) is 0 Å². The second kappa shape index (κ2) is 12.1. The third-order valence-corrected chi connectivity index (χ3v) is 5.38. The van der Waals surface area contributed by atoms with E-state index in [9.17, 15) is 19.5 Å². The number of amides is 3. The van der Waals surface area contributed by atoms with E-state index in [2.05, 4.69) is 10.6 Å². The van der Waals surface area contributed by atoms with Crippen LogP contribution in [0.1, 0.15) is 72.6 Å². The summed E-state index contributed by atoms with van der Waals surface area (Å²) < 4.78 is 5.45. The minimum absolute atomic E-state index is 0.0949. The number of carbonyl (C=O) groups excluding carboxylic acids is 3. The van der Waals surface area contributed by atoms with Gasteiger partial charge >= 0.3 is 6.09 Å². The zero-order valence-electron chi connectivity index (χ0n) is 23.2. The van der Waals surface area contributed by atoms with Gasteiger partial charge < -0.3 is 25.4 Å². The minimum atomic E-state index is -1.03. The SMILES string of the molecule is CC(C)NC(=O)C(c1ccccc1)N(C(=O)C(Cc1ccc(O)cc1)NC(=O)OC(C)(C)C)C(C)(C)C. The zero-order valence-corrected chi connectivity index (χ0v) is 23.2. The van der Waals surface area contributed by atoms with Crippen molar-refractivity contribution in [1.29, 1.82) is 0 Å². The Morgan fingerprint density at radius 2 is 1.46 bits per heavy atom. The van der Waals surface area contributed by atoms with E-state index in [0.29, 0.717) is 5.56 Å². The van der Waals surface area contributed by atoms with Crippen LogP contribution in [0.2, 0.25) is 0 Å². The van der Waals surface area contributed by atoms with E-state index in [-0.39, 0.29) is 24.1 Å². The number of nitrogens with zero attached hydrogens (tertiary/aromatic N) is 1. The zero-order chi connectivity index (χ0) is 28.0. The van der Waals surface area contributed by atoms with Crippen molar-refractivity contribution in [3.63, 3.8) is 0 Å². The first kappa shape index (κ1) is 29.7. The van der Waals surface area contributed by atoms with Gasteiger partial charge in [-0.2, -0.15) is 0 Å². The van der Waals surface area contributed by atoms with Crippen LogP contribution in [0, 0.1) is 0 Å². The molecule has 3 N–H and O–H groups in total. The Labute approximate surface area is 220 Å². The summed E-state index contributed by atoms with van der Waals surface area (Å²) in [6.07, 6.45) is -0.598. The molecular weight excluding hydrogens is 470 g/mol. The quantitative estimate of drug-likeness (QED) is 0.475. The van der Waals surface area contributed by atoms with E-state index >= 15 is 0 Å². The van der Waals surface area contributed by atoms with Crippen LogP contribution in [0.25, 0.3) is 0 Å². The number of aromatic hydroxyl groups is 1. The summed E-state index contributed by atoms with van der Waals surface area (Å²) in [7, 11) is 0. The second-order valence-corrected chi connectivity index (χ2v) is 11.4. The summed E-state index contributed by atoms with van der Waals surface area (Å²) in [6.45, 7) is 14.5. The maximum absolute atomic E-state index is 14.3. The van der Waals surface area contributed by atoms with Crippen molar-refractivity contribution in [1.82, 2.24) is 15.5 Å². The molecule has 202 valence electrons. The molecule has 8 heteroatoms. The number of nitrogens with one attached hydrogen (secondary N) is 2. The van der Waals surface area contributed by atoms with Crippen LogP contribution < -0.4 is 10.6 Å². The molecule has 0 spiro atoms. The van der Waals surface area contributed by atoms with Crippen molar-refractivity contribution in [2.75, 3.05) is 0 Å². The molecule has 0 saturated carbocycles. The fourth-order valence-corrected chi connectivity index (χ4v) is 3.95. The number of alkyl carbamates (subject to hydrolysis) is 1. The summed E-state index contributed by atoms with van der Waals surface area (Å²) in [6, 6.07) is 13.4. The predicted octanol–water partition coefficient (Wildman–Crippen LogP) is 4.72. The molecule has 2 aromatic rings. The molecule has 0 heterocycles. The topological polar surface area (TPSA) is 108 Å². The molecule has 0 aliphatic rings. The average Bonchev–Trinajstić information content (AvgIpc) is 2.76. The maximum Gasteiger partial charge on any atom is 0.408 e. The third-order valence-electron chi connectivity index (χ3n) is 5.38. The van der Waals surface area contributed by atoms with Gasteiger partial charge in [0, 0.05) is 18.0 Å². The van der Waals surface area contributed by atoms with E-state index < -0.39 is 35.2 Å². The molecule has 0 radical (unpaired) electrons. The van der Waals surface area contributed by atoms with Crippen molar-refractivity contribution in [3.05, 3.63) is 65.7 Å². The van der Waals surface area contributed by atoms with Crippen LogP contribution in [0.3, 0.4) is 0 Å². The second-order valence-electron chi connectivity index (χ2n) is 11.4. The highest BCUT2D eigenvalue weighted by Crippen LogP contribution is 2.30. The Bertz CT molecular complexity index is 1050. The van der Waals surface area contributed by atoms with Gasteiger partial charge in [-0.1, -0.05) is 42.5 Å². The van der Waals surface area contributed by atoms with E-state index in [1.807, 2.05) is 65.0 Å². The smallest absolute Gasteiger partial charge is 0.408 e. The van der Waals surface area contributed by atoms with E-state index in [1.165, 1.54) is 17.0 Å². The lowest BCUT2D eigenvalue weighted by molar-refractivity contribution is -0.148. The molecule has 2 aromatic carbocycles. The van der Waals surface area contributed by atoms with Crippen LogP contribution in [-0.2, 0) is 20.7 Å². The molecule has 0 aliphatic heterocycles. The third kappa shape index (κ3) is 9.12. The molecule has 2 unspecified atom stereocenters. The van der Waals surface area contributed by atoms with Gasteiger partial charge in [-0.15, -0.1) is 0 Å². The highest BCUT2D eigenvalue weighted by molar-refractivity contribution is 5.93. The average molecular weight is 512 g/mol. The number of benzene rings is 2. The number of hydrogen-bond acceptors (Lipinski definition) is 5. The number of hydrogen-bond donors (Lipinski definition) is 3. The van der Waals surface area contributed by atoms with Crippen LogP contribution in [0.15, 0.2) is 54.6 Å². The van der Waals surface area contributed by atoms with Gasteiger partial charge in [-0.25, -0.2) is 4.79 Å². The molecular formula is C29H41N3O5. The fraction of sp³-hybridized carbons (Fsp3) is 0.483. The molecule has 2 rings (SSSR count). The van der Waals surface area contributed by atoms with Gasteiger partial charge in [0.25, 0.3) is 0 Å². The van der Waals surface area contributed by atoms with Gasteiger partial charge in [0.05, 0.1) is 0 Å². The van der Waals surface area contributed by atoms with Crippen molar-refractivity contribution < 1.29 is 24.2 Å². The number of phenols is 1. The largest absolute Gasteiger partial charge is 0.508 e. The van der Waals surface area contributed by atoms with Crippen LogP contribution in [0.4, 0.5) is 4.79 Å². The van der Waals surface area contributed by atoms with Gasteiger partial charge in [0.1, 0.15) is 23.4 Å². The fourth-order valence-electron chi connectivity index (χ4n) is 3.95. The standard InChI is InChI=1S/C29H41N3O5/c1-19(2)30-25(34)24(21-12-10-9-11-13-21)32(28(3,4)5)26(35)23(31-27(36)37-29(6,7)8)18-20-14-16-22(33)17-15-20/h9-17,19,23-24,33H,18H2,1-8H3,(H,30,34)(H,31,36). The first-order valence-corrected chi connectivity index (χ1v) is 12.5. The Morgan fingerprint density at radius 1 is 0.892 bits per heavy atom. The highest BCUT2D eigenvalue weighted by Gasteiger charge is 2.42. The molecule has 2 atom stereocenters. The molecule has 0 saturated heterocycles. The molecule has 0 bridgehead atoms. The number of ether oxygens (including phenoxy) is 1. The number of carbonyl (C=O) groups is 3. The Kier molecular flexibility index (Phi) is 9.73. The first-order valence-electron chi connectivity index (χ1n) is 12.5. The van der Waals surface area contributed by atoms with Crippen LogP contribution >= 0.6 is 0 Å². The molecule has 0 fully saturated rings. The summed E-state index contributed by atoms with van der Waals surface area (Å²) >= 11 is 0. The molecule has 0 aliphatic carbocycles. The van der Waals surface area contributed by atoms with Gasteiger partial charge in [-0.05, 0) is 78.6 Å². The Balaban J connectivity index is 2.57. The lowest BCUT2D eigenvalue weighted by atomic mass is 9.94. The normalized spacial score (nSPS) is 13.4. The number of rotatable bonds is 8. The molecule has 37 heavy (non-hydrogen) atoms. The minimum Gasteiger partial charge on any atom is -0.508 e. The van der Waals surface area contributed by atoms with Crippen molar-refractivity contribution in [2.45, 2.75) is 91.1 Å². The number of phenolic OH excluding ortho intramolecular Hbond substituents is 1. The summed E-state index contributed by atoms with van der Waals surface area (Å²) in [4.78, 5) is 42.1. The van der Waals surface area contributed by atoms with Gasteiger partial charge in [-0.3, -0.25) is 9.59 Å². The molecule has 3 amide bonds. The summed E-state index contributed by atoms with van der Waals surface area (Å²) in [5.74, 6) is -0.651. The lowest BCUT2D eigenvalue weighted by Gasteiger charge is -2.43. The lowest BCUT2D eigenvalue weighted by Crippen LogP contribution is -2.59. The van der Waals surface area contributed by atoms with Crippen LogP contribution in [-0.4, -0.2) is 51.1 Å². The molecule has 0 aromatic heterocycles. The molecule has 8 nitrogen and oxygen atoms in total. The summed E-state index contributed by atoms with van der Waals surface area (Å²) in [5, 5.41) is 15.4. The van der Waals surface area contributed by atoms with Crippen molar-refractivity contribution in [3.8, 4) is 5.75 Å². The van der Waals surface area contributed by atoms with Gasteiger partial charge in [0.2, 0.25) is 11.8 Å². The highest BCUT2D eigenvalue weighted by atomic mass is 16.6. The monoisotopic (exact) mass is 511 g/mol.